The minimum atomic E-state index is 0.119. The smallest absolute Gasteiger partial charge is 0.143 e. The van der Waals surface area contributed by atoms with E-state index in [-0.39, 0.29) is 5.41 Å². The van der Waals surface area contributed by atoms with Crippen LogP contribution in [0, 0.1) is 0 Å². The Bertz CT molecular complexity index is 3030. The number of para-hydroxylation sites is 2. The molecule has 278 valence electrons. The first-order valence-corrected chi connectivity index (χ1v) is 20.1. The zero-order valence-corrected chi connectivity index (χ0v) is 33.0. The Morgan fingerprint density at radius 2 is 0.759 bits per heavy atom. The van der Waals surface area contributed by atoms with Gasteiger partial charge >= 0.3 is 0 Å². The highest BCUT2D eigenvalue weighted by molar-refractivity contribution is 6.09. The number of fused-ring (bicyclic) bond motifs is 4. The van der Waals surface area contributed by atoms with Gasteiger partial charge in [-0.15, -0.1) is 0 Å². The van der Waals surface area contributed by atoms with Crippen LogP contribution in [0.25, 0.3) is 77.2 Å². The van der Waals surface area contributed by atoms with E-state index in [1.54, 1.807) is 0 Å². The molecule has 0 amide bonds. The molecule has 0 aliphatic carbocycles. The molecule has 0 unspecified atom stereocenters. The zero-order valence-electron chi connectivity index (χ0n) is 33.0. The minimum Gasteiger partial charge on any atom is -0.455 e. The normalized spacial score (nSPS) is 11.7. The number of anilines is 3. The van der Waals surface area contributed by atoms with E-state index < -0.39 is 0 Å². The van der Waals surface area contributed by atoms with Gasteiger partial charge in [-0.2, -0.15) is 0 Å². The van der Waals surface area contributed by atoms with E-state index in [9.17, 15) is 0 Å². The van der Waals surface area contributed by atoms with Gasteiger partial charge in [0, 0.05) is 33.4 Å². The van der Waals surface area contributed by atoms with Gasteiger partial charge in [-0.3, -0.25) is 0 Å². The average molecular weight is 746 g/mol. The third-order valence-electron chi connectivity index (χ3n) is 11.5. The molecular weight excluding hydrogens is 703 g/mol. The molecule has 10 aromatic rings. The second-order valence-electron chi connectivity index (χ2n) is 16.2. The maximum absolute atomic E-state index is 6.41. The SMILES string of the molecule is CC(C)(C)c1ccc(-c2ccc(N(c3ccc(-c4ccc(-c5cccc6ccccc56)cc4)cc3)c3ccc(-c4cccc5c4oc4ccccc45)cc3)cc2)cc1. The van der Waals surface area contributed by atoms with Crippen LogP contribution in [0.2, 0.25) is 0 Å². The Hall–Kier alpha value is -7.16. The fraction of sp³-hybridized carbons (Fsp3) is 0.0714. The van der Waals surface area contributed by atoms with Crippen LogP contribution in [-0.2, 0) is 5.41 Å². The Morgan fingerprint density at radius 3 is 1.36 bits per heavy atom. The summed E-state index contributed by atoms with van der Waals surface area (Å²) >= 11 is 0. The van der Waals surface area contributed by atoms with Crippen LogP contribution in [0.4, 0.5) is 17.1 Å². The molecule has 0 N–H and O–H groups in total. The lowest BCUT2D eigenvalue weighted by atomic mass is 9.86. The molecule has 1 heterocycles. The van der Waals surface area contributed by atoms with Gasteiger partial charge in [0.25, 0.3) is 0 Å². The summed E-state index contributed by atoms with van der Waals surface area (Å²) in [6, 6.07) is 74.4. The standard InChI is InChI=1S/C56H43NO/c1-56(2,3)45-30-22-39(23-31-45)41-26-34-47(35-27-41)57(48-36-28-44(29-37-48)51-15-9-16-53-52-13-6-7-17-54(52)58-55(51)53)46-32-24-40(25-33-46)38-18-20-43(21-19-38)50-14-8-11-42-10-4-5-12-49(42)50/h4-37H,1-3H3. The fourth-order valence-corrected chi connectivity index (χ4v) is 8.30. The van der Waals surface area contributed by atoms with Crippen LogP contribution in [-0.4, -0.2) is 0 Å². The van der Waals surface area contributed by atoms with Gasteiger partial charge < -0.3 is 9.32 Å². The van der Waals surface area contributed by atoms with Crippen LogP contribution < -0.4 is 4.90 Å². The Morgan fingerprint density at radius 1 is 0.345 bits per heavy atom. The highest BCUT2D eigenvalue weighted by Gasteiger charge is 2.17. The lowest BCUT2D eigenvalue weighted by Gasteiger charge is -2.26. The van der Waals surface area contributed by atoms with Crippen LogP contribution in [0.15, 0.2) is 211 Å². The summed E-state index contributed by atoms with van der Waals surface area (Å²) in [6.07, 6.45) is 0. The van der Waals surface area contributed by atoms with Crippen LogP contribution in [0.1, 0.15) is 26.3 Å². The summed E-state index contributed by atoms with van der Waals surface area (Å²) in [6.45, 7) is 6.77. The van der Waals surface area contributed by atoms with Gasteiger partial charge in [-0.1, -0.05) is 185 Å². The Labute approximate surface area is 340 Å². The van der Waals surface area contributed by atoms with Gasteiger partial charge in [0.15, 0.2) is 0 Å². The summed E-state index contributed by atoms with van der Waals surface area (Å²) in [5, 5.41) is 4.80. The van der Waals surface area contributed by atoms with E-state index in [2.05, 4.69) is 220 Å². The largest absolute Gasteiger partial charge is 0.455 e. The molecule has 0 bridgehead atoms. The molecule has 0 atom stereocenters. The van der Waals surface area contributed by atoms with E-state index in [0.29, 0.717) is 0 Å². The zero-order chi connectivity index (χ0) is 39.2. The van der Waals surface area contributed by atoms with Crippen LogP contribution in [0.5, 0.6) is 0 Å². The number of benzene rings is 9. The molecule has 58 heavy (non-hydrogen) atoms. The van der Waals surface area contributed by atoms with Gasteiger partial charge in [0.05, 0.1) is 0 Å². The topological polar surface area (TPSA) is 16.4 Å². The van der Waals surface area contributed by atoms with Gasteiger partial charge in [0.1, 0.15) is 11.2 Å². The third kappa shape index (κ3) is 6.53. The van der Waals surface area contributed by atoms with E-state index in [1.165, 1.54) is 49.7 Å². The van der Waals surface area contributed by atoms with Gasteiger partial charge in [-0.05, 0) is 103 Å². The van der Waals surface area contributed by atoms with Crippen molar-refractivity contribution in [2.45, 2.75) is 26.2 Å². The second kappa shape index (κ2) is 14.4. The highest BCUT2D eigenvalue weighted by Crippen LogP contribution is 2.40. The van der Waals surface area contributed by atoms with Gasteiger partial charge in [-0.25, -0.2) is 0 Å². The number of nitrogens with zero attached hydrogens (tertiary/aromatic N) is 1. The van der Waals surface area contributed by atoms with E-state index >= 15 is 0 Å². The monoisotopic (exact) mass is 745 g/mol. The maximum atomic E-state index is 6.41. The maximum Gasteiger partial charge on any atom is 0.143 e. The first kappa shape index (κ1) is 35.3. The molecule has 2 heteroatoms. The third-order valence-corrected chi connectivity index (χ3v) is 11.5. The Balaban J connectivity index is 0.993. The quantitative estimate of drug-likeness (QED) is 0.162. The van der Waals surface area contributed by atoms with Crippen molar-refractivity contribution in [3.05, 3.63) is 212 Å². The molecule has 0 saturated heterocycles. The second-order valence-corrected chi connectivity index (χ2v) is 16.2. The molecule has 0 spiro atoms. The van der Waals surface area contributed by atoms with Crippen molar-refractivity contribution in [3.63, 3.8) is 0 Å². The van der Waals surface area contributed by atoms with Crippen molar-refractivity contribution < 1.29 is 4.42 Å². The van der Waals surface area contributed by atoms with Crippen LogP contribution >= 0.6 is 0 Å². The van der Waals surface area contributed by atoms with Crippen molar-refractivity contribution in [1.29, 1.82) is 0 Å². The summed E-state index contributed by atoms with van der Waals surface area (Å²) in [5.74, 6) is 0. The summed E-state index contributed by atoms with van der Waals surface area (Å²) < 4.78 is 6.41. The summed E-state index contributed by atoms with van der Waals surface area (Å²) in [7, 11) is 0. The van der Waals surface area contributed by atoms with Crippen molar-refractivity contribution in [1.82, 2.24) is 0 Å². The molecule has 0 radical (unpaired) electrons. The van der Waals surface area contributed by atoms with E-state index in [0.717, 1.165) is 50.1 Å². The first-order valence-electron chi connectivity index (χ1n) is 20.1. The first-order chi connectivity index (χ1) is 28.4. The predicted octanol–water partition coefficient (Wildman–Crippen LogP) is 16.2. The van der Waals surface area contributed by atoms with Crippen LogP contribution in [0.3, 0.4) is 0 Å². The molecular formula is C56H43NO. The molecule has 0 aliphatic rings. The predicted molar refractivity (Wildman–Crippen MR) is 246 cm³/mol. The number of furan rings is 1. The van der Waals surface area contributed by atoms with Crippen molar-refractivity contribution in [2.75, 3.05) is 4.90 Å². The number of rotatable bonds is 7. The minimum absolute atomic E-state index is 0.119. The number of hydrogen-bond donors (Lipinski definition) is 0. The Kier molecular flexibility index (Phi) is 8.76. The van der Waals surface area contributed by atoms with E-state index in [1.807, 2.05) is 12.1 Å². The molecule has 0 fully saturated rings. The van der Waals surface area contributed by atoms with Gasteiger partial charge in [0.2, 0.25) is 0 Å². The molecule has 1 aromatic heterocycles. The summed E-state index contributed by atoms with van der Waals surface area (Å²) in [5.41, 5.74) is 16.0. The lowest BCUT2D eigenvalue weighted by Crippen LogP contribution is -2.10. The lowest BCUT2D eigenvalue weighted by molar-refractivity contribution is 0.590. The van der Waals surface area contributed by atoms with Crippen molar-refractivity contribution in [2.24, 2.45) is 0 Å². The summed E-state index contributed by atoms with van der Waals surface area (Å²) in [4.78, 5) is 2.34. The molecule has 9 aromatic carbocycles. The molecule has 10 rings (SSSR count). The number of hydrogen-bond acceptors (Lipinski definition) is 2. The van der Waals surface area contributed by atoms with Crippen molar-refractivity contribution >= 4 is 49.8 Å². The van der Waals surface area contributed by atoms with Crippen molar-refractivity contribution in [3.8, 4) is 44.5 Å². The fourth-order valence-electron chi connectivity index (χ4n) is 8.30. The molecule has 2 nitrogen and oxygen atoms in total. The molecule has 0 aliphatic heterocycles. The average Bonchev–Trinajstić information content (AvgIpc) is 3.66. The molecule has 0 saturated carbocycles. The highest BCUT2D eigenvalue weighted by atomic mass is 16.3. The van der Waals surface area contributed by atoms with E-state index in [4.69, 9.17) is 4.42 Å².